The van der Waals surface area contributed by atoms with E-state index >= 15 is 0 Å². The largest absolute Gasteiger partial charge is 0.0885 e. The van der Waals surface area contributed by atoms with E-state index in [1.165, 1.54) is 57.8 Å². The highest BCUT2D eigenvalue weighted by Gasteiger charge is 2.34. The molecule has 0 nitrogen and oxygen atoms in total. The van der Waals surface area contributed by atoms with E-state index < -0.39 is 0 Å². The molecule has 2 unspecified atom stereocenters. The van der Waals surface area contributed by atoms with Crippen LogP contribution < -0.4 is 0 Å². The van der Waals surface area contributed by atoms with Crippen LogP contribution in [-0.4, -0.2) is 0 Å². The van der Waals surface area contributed by atoms with Crippen LogP contribution in [0, 0.1) is 11.8 Å². The molecule has 15 heavy (non-hydrogen) atoms. The SMILES string of the molecule is CCCCCCC=CCC1CC1CCC. The molecule has 0 N–H and O–H groups in total. The number of rotatable bonds is 9. The molecule has 88 valence electrons. The van der Waals surface area contributed by atoms with E-state index in [0.717, 1.165) is 11.8 Å². The van der Waals surface area contributed by atoms with Crippen molar-refractivity contribution in [2.45, 2.75) is 71.6 Å². The van der Waals surface area contributed by atoms with E-state index in [0.29, 0.717) is 0 Å². The van der Waals surface area contributed by atoms with Crippen LogP contribution >= 0.6 is 0 Å². The van der Waals surface area contributed by atoms with Gasteiger partial charge in [-0.25, -0.2) is 0 Å². The first-order chi connectivity index (χ1) is 7.38. The molecular weight excluding hydrogens is 180 g/mol. The summed E-state index contributed by atoms with van der Waals surface area (Å²) in [6, 6.07) is 0. The van der Waals surface area contributed by atoms with Crippen molar-refractivity contribution >= 4 is 0 Å². The predicted octanol–water partition coefficient (Wildman–Crippen LogP) is 5.34. The highest BCUT2D eigenvalue weighted by molar-refractivity contribution is 4.93. The molecule has 1 rings (SSSR count). The lowest BCUT2D eigenvalue weighted by atomic mass is 10.1. The summed E-state index contributed by atoms with van der Waals surface area (Å²) in [5.41, 5.74) is 0. The molecule has 1 aliphatic rings. The van der Waals surface area contributed by atoms with Gasteiger partial charge in [0.15, 0.2) is 0 Å². The van der Waals surface area contributed by atoms with Gasteiger partial charge in [-0.3, -0.25) is 0 Å². The molecule has 1 fully saturated rings. The van der Waals surface area contributed by atoms with Gasteiger partial charge in [-0.05, 0) is 37.5 Å². The molecule has 1 saturated carbocycles. The fourth-order valence-electron chi connectivity index (χ4n) is 2.40. The van der Waals surface area contributed by atoms with Gasteiger partial charge in [0.25, 0.3) is 0 Å². The second-order valence-corrected chi connectivity index (χ2v) is 5.10. The molecule has 0 aromatic heterocycles. The third-order valence-electron chi connectivity index (χ3n) is 3.56. The van der Waals surface area contributed by atoms with Gasteiger partial charge in [0.2, 0.25) is 0 Å². The van der Waals surface area contributed by atoms with E-state index in [1.54, 1.807) is 0 Å². The lowest BCUT2D eigenvalue weighted by Gasteiger charge is -1.95. The molecule has 0 radical (unpaired) electrons. The van der Waals surface area contributed by atoms with E-state index in [4.69, 9.17) is 0 Å². The summed E-state index contributed by atoms with van der Waals surface area (Å²) in [6.07, 6.45) is 17.5. The normalized spacial score (nSPS) is 24.9. The Bertz CT molecular complexity index is 169. The van der Waals surface area contributed by atoms with Crippen LogP contribution in [0.25, 0.3) is 0 Å². The van der Waals surface area contributed by atoms with Gasteiger partial charge in [0.05, 0.1) is 0 Å². The number of unbranched alkanes of at least 4 members (excludes halogenated alkanes) is 4. The van der Waals surface area contributed by atoms with Crippen molar-refractivity contribution in [2.24, 2.45) is 11.8 Å². The van der Waals surface area contributed by atoms with E-state index in [-0.39, 0.29) is 0 Å². The number of hydrogen-bond donors (Lipinski definition) is 0. The fraction of sp³-hybridized carbons (Fsp3) is 0.867. The zero-order chi connectivity index (χ0) is 10.9. The van der Waals surface area contributed by atoms with Crippen LogP contribution in [0.15, 0.2) is 12.2 Å². The maximum atomic E-state index is 2.44. The smallest absolute Gasteiger partial charge is 0.0319 e. The first kappa shape index (κ1) is 12.8. The standard InChI is InChI=1S/C15H28/c1-3-5-6-7-8-9-10-12-15-13-14(15)11-4-2/h9-10,14-15H,3-8,11-13H2,1-2H3. The molecule has 0 heterocycles. The molecule has 2 atom stereocenters. The summed E-state index contributed by atoms with van der Waals surface area (Å²) in [5, 5.41) is 0. The summed E-state index contributed by atoms with van der Waals surface area (Å²) in [4.78, 5) is 0. The fourth-order valence-corrected chi connectivity index (χ4v) is 2.40. The van der Waals surface area contributed by atoms with Crippen LogP contribution in [0.1, 0.15) is 71.6 Å². The Kier molecular flexibility index (Phi) is 6.80. The van der Waals surface area contributed by atoms with Crippen LogP contribution in [0.5, 0.6) is 0 Å². The second-order valence-electron chi connectivity index (χ2n) is 5.10. The Morgan fingerprint density at radius 3 is 2.53 bits per heavy atom. The molecule has 1 aliphatic carbocycles. The quantitative estimate of drug-likeness (QED) is 0.354. The Balaban J connectivity index is 1.86. The van der Waals surface area contributed by atoms with E-state index in [2.05, 4.69) is 26.0 Å². The highest BCUT2D eigenvalue weighted by Crippen LogP contribution is 2.44. The molecule has 0 aromatic rings. The Morgan fingerprint density at radius 1 is 0.933 bits per heavy atom. The van der Waals surface area contributed by atoms with Gasteiger partial charge in [-0.2, -0.15) is 0 Å². The van der Waals surface area contributed by atoms with Crippen molar-refractivity contribution in [3.05, 3.63) is 12.2 Å². The van der Waals surface area contributed by atoms with Gasteiger partial charge < -0.3 is 0 Å². The van der Waals surface area contributed by atoms with Crippen LogP contribution in [0.4, 0.5) is 0 Å². The minimum Gasteiger partial charge on any atom is -0.0885 e. The van der Waals surface area contributed by atoms with Crippen molar-refractivity contribution in [2.75, 3.05) is 0 Å². The van der Waals surface area contributed by atoms with Crippen LogP contribution in [0.3, 0.4) is 0 Å². The van der Waals surface area contributed by atoms with Gasteiger partial charge >= 0.3 is 0 Å². The molecule has 0 aromatic carbocycles. The first-order valence-corrected chi connectivity index (χ1v) is 7.03. The topological polar surface area (TPSA) is 0 Å². The average molecular weight is 208 g/mol. The van der Waals surface area contributed by atoms with Gasteiger partial charge in [-0.1, -0.05) is 58.1 Å². The van der Waals surface area contributed by atoms with E-state index in [1.807, 2.05) is 0 Å². The maximum Gasteiger partial charge on any atom is -0.0319 e. The van der Waals surface area contributed by atoms with E-state index in [9.17, 15) is 0 Å². The molecular formula is C15H28. The minimum atomic E-state index is 1.05. The number of allylic oxidation sites excluding steroid dienone is 2. The monoisotopic (exact) mass is 208 g/mol. The lowest BCUT2D eigenvalue weighted by molar-refractivity contribution is 0.635. The van der Waals surface area contributed by atoms with Crippen molar-refractivity contribution < 1.29 is 0 Å². The third kappa shape index (κ3) is 6.02. The molecule has 0 heteroatoms. The molecule has 0 amide bonds. The minimum absolute atomic E-state index is 1.05. The second kappa shape index (κ2) is 7.96. The van der Waals surface area contributed by atoms with Crippen LogP contribution in [-0.2, 0) is 0 Å². The Morgan fingerprint density at radius 2 is 1.80 bits per heavy atom. The Labute approximate surface area is 96.2 Å². The summed E-state index contributed by atoms with van der Waals surface area (Å²) >= 11 is 0. The molecule has 0 saturated heterocycles. The van der Waals surface area contributed by atoms with Crippen molar-refractivity contribution in [1.29, 1.82) is 0 Å². The summed E-state index contributed by atoms with van der Waals surface area (Å²) in [6.45, 7) is 4.58. The molecule has 0 bridgehead atoms. The molecule has 0 aliphatic heterocycles. The third-order valence-corrected chi connectivity index (χ3v) is 3.56. The summed E-state index contributed by atoms with van der Waals surface area (Å²) in [7, 11) is 0. The first-order valence-electron chi connectivity index (χ1n) is 7.03. The average Bonchev–Trinajstić information content (AvgIpc) is 2.96. The summed E-state index contributed by atoms with van der Waals surface area (Å²) < 4.78 is 0. The van der Waals surface area contributed by atoms with Crippen LogP contribution in [0.2, 0.25) is 0 Å². The predicted molar refractivity (Wildman–Crippen MR) is 69.0 cm³/mol. The Hall–Kier alpha value is -0.260. The van der Waals surface area contributed by atoms with Crippen molar-refractivity contribution in [3.8, 4) is 0 Å². The van der Waals surface area contributed by atoms with Gasteiger partial charge in [0.1, 0.15) is 0 Å². The zero-order valence-corrected chi connectivity index (χ0v) is 10.7. The summed E-state index contributed by atoms with van der Waals surface area (Å²) in [5.74, 6) is 2.14. The van der Waals surface area contributed by atoms with Gasteiger partial charge in [0, 0.05) is 0 Å². The zero-order valence-electron chi connectivity index (χ0n) is 10.7. The van der Waals surface area contributed by atoms with Crippen molar-refractivity contribution in [3.63, 3.8) is 0 Å². The lowest BCUT2D eigenvalue weighted by Crippen LogP contribution is -1.80. The molecule has 0 spiro atoms. The highest BCUT2D eigenvalue weighted by atomic mass is 14.4. The van der Waals surface area contributed by atoms with Gasteiger partial charge in [-0.15, -0.1) is 0 Å². The number of hydrogen-bond acceptors (Lipinski definition) is 0. The van der Waals surface area contributed by atoms with Crippen molar-refractivity contribution in [1.82, 2.24) is 0 Å². The maximum absolute atomic E-state index is 2.44.